The number of anilines is 1. The first-order valence-corrected chi connectivity index (χ1v) is 6.42. The lowest BCUT2D eigenvalue weighted by Crippen LogP contribution is -2.09. The molecule has 1 aromatic rings. The largest absolute Gasteiger partial charge is 0.477 e. The van der Waals surface area contributed by atoms with Crippen LogP contribution in [0.15, 0.2) is 18.5 Å². The lowest BCUT2D eigenvalue weighted by molar-refractivity contribution is 0.304. The molecule has 4 nitrogen and oxygen atoms in total. The van der Waals surface area contributed by atoms with Gasteiger partial charge in [-0.05, 0) is 19.8 Å². The molecule has 0 amide bonds. The van der Waals surface area contributed by atoms with Gasteiger partial charge in [-0.3, -0.25) is 0 Å². The van der Waals surface area contributed by atoms with Gasteiger partial charge in [0.25, 0.3) is 0 Å². The SMILES string of the molecule is C=C(C)CCOc1ncnc(NCC)c1C(C)C. The van der Waals surface area contributed by atoms with Gasteiger partial charge >= 0.3 is 0 Å². The Morgan fingerprint density at radius 2 is 2.17 bits per heavy atom. The predicted molar refractivity (Wildman–Crippen MR) is 75.2 cm³/mol. The monoisotopic (exact) mass is 249 g/mol. The van der Waals surface area contributed by atoms with Crippen LogP contribution in [0.4, 0.5) is 5.82 Å². The zero-order valence-electron chi connectivity index (χ0n) is 11.8. The van der Waals surface area contributed by atoms with Gasteiger partial charge in [-0.15, -0.1) is 6.58 Å². The summed E-state index contributed by atoms with van der Waals surface area (Å²) in [4.78, 5) is 8.51. The summed E-state index contributed by atoms with van der Waals surface area (Å²) in [5, 5.41) is 3.25. The van der Waals surface area contributed by atoms with Gasteiger partial charge in [0.2, 0.25) is 5.88 Å². The van der Waals surface area contributed by atoms with Crippen molar-refractivity contribution >= 4 is 5.82 Å². The molecule has 0 atom stereocenters. The summed E-state index contributed by atoms with van der Waals surface area (Å²) < 4.78 is 5.74. The molecule has 1 aromatic heterocycles. The molecule has 1 heterocycles. The Balaban J connectivity index is 2.88. The van der Waals surface area contributed by atoms with Crippen molar-refractivity contribution in [2.24, 2.45) is 0 Å². The molecule has 1 rings (SSSR count). The van der Waals surface area contributed by atoms with Crippen LogP contribution in [0, 0.1) is 0 Å². The van der Waals surface area contributed by atoms with Gasteiger partial charge < -0.3 is 10.1 Å². The third kappa shape index (κ3) is 4.02. The zero-order valence-corrected chi connectivity index (χ0v) is 11.8. The molecule has 0 radical (unpaired) electrons. The Morgan fingerprint density at radius 3 is 2.72 bits per heavy atom. The Labute approximate surface area is 109 Å². The minimum absolute atomic E-state index is 0.320. The second kappa shape index (κ2) is 6.99. The van der Waals surface area contributed by atoms with Crippen molar-refractivity contribution in [2.45, 2.75) is 40.0 Å². The fourth-order valence-corrected chi connectivity index (χ4v) is 1.65. The Hall–Kier alpha value is -1.58. The molecule has 0 bridgehead atoms. The molecule has 0 spiro atoms. The molecule has 18 heavy (non-hydrogen) atoms. The summed E-state index contributed by atoms with van der Waals surface area (Å²) in [5.41, 5.74) is 2.16. The summed E-state index contributed by atoms with van der Waals surface area (Å²) >= 11 is 0. The van der Waals surface area contributed by atoms with Gasteiger partial charge in [-0.25, -0.2) is 9.97 Å². The number of ether oxygens (including phenoxy) is 1. The van der Waals surface area contributed by atoms with Crippen molar-refractivity contribution in [3.63, 3.8) is 0 Å². The molecule has 0 aromatic carbocycles. The lowest BCUT2D eigenvalue weighted by Gasteiger charge is -2.16. The maximum absolute atomic E-state index is 5.74. The second-order valence-corrected chi connectivity index (χ2v) is 4.68. The Bertz CT molecular complexity index is 402. The van der Waals surface area contributed by atoms with Crippen LogP contribution in [0.25, 0.3) is 0 Å². The van der Waals surface area contributed by atoms with Crippen molar-refractivity contribution < 1.29 is 4.74 Å². The molecule has 0 unspecified atom stereocenters. The zero-order chi connectivity index (χ0) is 13.5. The Morgan fingerprint density at radius 1 is 1.44 bits per heavy atom. The van der Waals surface area contributed by atoms with Gasteiger partial charge in [0.1, 0.15) is 12.1 Å². The number of hydrogen-bond donors (Lipinski definition) is 1. The van der Waals surface area contributed by atoms with Crippen LogP contribution in [0.3, 0.4) is 0 Å². The van der Waals surface area contributed by atoms with E-state index in [9.17, 15) is 0 Å². The predicted octanol–water partition coefficient (Wildman–Crippen LogP) is 3.38. The van der Waals surface area contributed by atoms with Crippen molar-refractivity contribution in [3.05, 3.63) is 24.0 Å². The van der Waals surface area contributed by atoms with Crippen LogP contribution < -0.4 is 10.1 Å². The Kier molecular flexibility index (Phi) is 5.62. The van der Waals surface area contributed by atoms with Gasteiger partial charge in [0, 0.05) is 13.0 Å². The lowest BCUT2D eigenvalue weighted by atomic mass is 10.1. The quantitative estimate of drug-likeness (QED) is 0.753. The average Bonchev–Trinajstić information content (AvgIpc) is 2.28. The van der Waals surface area contributed by atoms with Crippen molar-refractivity contribution in [1.29, 1.82) is 0 Å². The maximum atomic E-state index is 5.74. The van der Waals surface area contributed by atoms with Crippen molar-refractivity contribution in [2.75, 3.05) is 18.5 Å². The topological polar surface area (TPSA) is 47.0 Å². The van der Waals surface area contributed by atoms with Gasteiger partial charge in [-0.1, -0.05) is 19.4 Å². The molecule has 1 N–H and O–H groups in total. The summed E-state index contributed by atoms with van der Waals surface area (Å²) in [5.74, 6) is 1.87. The highest BCUT2D eigenvalue weighted by molar-refractivity contribution is 5.50. The maximum Gasteiger partial charge on any atom is 0.222 e. The van der Waals surface area contributed by atoms with E-state index in [1.807, 2.05) is 13.8 Å². The van der Waals surface area contributed by atoms with E-state index in [2.05, 4.69) is 35.7 Å². The van der Waals surface area contributed by atoms with E-state index in [0.717, 1.165) is 29.9 Å². The summed E-state index contributed by atoms with van der Waals surface area (Å²) in [6, 6.07) is 0. The van der Waals surface area contributed by atoms with Gasteiger partial charge in [0.05, 0.1) is 12.2 Å². The third-order valence-electron chi connectivity index (χ3n) is 2.54. The molecule has 0 fully saturated rings. The molecule has 0 saturated carbocycles. The van der Waals surface area contributed by atoms with E-state index in [-0.39, 0.29) is 0 Å². The van der Waals surface area contributed by atoms with E-state index >= 15 is 0 Å². The summed E-state index contributed by atoms with van der Waals surface area (Å²) in [7, 11) is 0. The van der Waals surface area contributed by atoms with E-state index < -0.39 is 0 Å². The highest BCUT2D eigenvalue weighted by Crippen LogP contribution is 2.29. The molecule has 0 aliphatic rings. The van der Waals surface area contributed by atoms with Crippen LogP contribution in [0.5, 0.6) is 5.88 Å². The van der Waals surface area contributed by atoms with Crippen LogP contribution in [-0.4, -0.2) is 23.1 Å². The van der Waals surface area contributed by atoms with Gasteiger partial charge in [-0.2, -0.15) is 0 Å². The molecular weight excluding hydrogens is 226 g/mol. The third-order valence-corrected chi connectivity index (χ3v) is 2.54. The van der Waals surface area contributed by atoms with E-state index in [0.29, 0.717) is 18.4 Å². The van der Waals surface area contributed by atoms with Crippen LogP contribution >= 0.6 is 0 Å². The normalized spacial score (nSPS) is 10.5. The highest BCUT2D eigenvalue weighted by atomic mass is 16.5. The molecular formula is C14H23N3O. The summed E-state index contributed by atoms with van der Waals surface area (Å²) in [6.45, 7) is 13.6. The van der Waals surface area contributed by atoms with Crippen molar-refractivity contribution in [1.82, 2.24) is 9.97 Å². The van der Waals surface area contributed by atoms with Crippen LogP contribution in [0.2, 0.25) is 0 Å². The summed E-state index contributed by atoms with van der Waals surface area (Å²) in [6.07, 6.45) is 2.39. The second-order valence-electron chi connectivity index (χ2n) is 4.68. The molecule has 4 heteroatoms. The minimum atomic E-state index is 0.320. The number of nitrogens with one attached hydrogen (secondary N) is 1. The first-order chi connectivity index (χ1) is 8.56. The average molecular weight is 249 g/mol. The van der Waals surface area contributed by atoms with E-state index in [1.54, 1.807) is 6.33 Å². The number of nitrogens with zero attached hydrogens (tertiary/aromatic N) is 2. The van der Waals surface area contributed by atoms with Crippen LogP contribution in [0.1, 0.15) is 45.6 Å². The fraction of sp³-hybridized carbons (Fsp3) is 0.571. The first kappa shape index (κ1) is 14.5. The van der Waals surface area contributed by atoms with Crippen molar-refractivity contribution in [3.8, 4) is 5.88 Å². The van der Waals surface area contributed by atoms with E-state index in [1.165, 1.54) is 0 Å². The number of hydrogen-bond acceptors (Lipinski definition) is 4. The standard InChI is InChI=1S/C14H23N3O/c1-6-15-13-12(11(4)5)14(17-9-16-13)18-8-7-10(2)3/h9,11H,2,6-8H2,1,3-5H3,(H,15,16,17). The first-order valence-electron chi connectivity index (χ1n) is 6.42. The smallest absolute Gasteiger partial charge is 0.222 e. The number of aromatic nitrogens is 2. The minimum Gasteiger partial charge on any atom is -0.477 e. The molecule has 0 aliphatic heterocycles. The molecule has 0 saturated heterocycles. The molecule has 100 valence electrons. The fourth-order valence-electron chi connectivity index (χ4n) is 1.65. The van der Waals surface area contributed by atoms with Crippen LogP contribution in [-0.2, 0) is 0 Å². The van der Waals surface area contributed by atoms with E-state index in [4.69, 9.17) is 4.74 Å². The highest BCUT2D eigenvalue weighted by Gasteiger charge is 2.15. The number of rotatable bonds is 7. The molecule has 0 aliphatic carbocycles. The van der Waals surface area contributed by atoms with Gasteiger partial charge in [0.15, 0.2) is 0 Å².